The molecular formula is C52H65F2N11O4. The SMILES string of the molecule is Cc1cc2cc(n1)-c1cnn(C)c1OCCC[C@@H](C)Cn1c(nc3ccc(CN4CCC(N5CCN(CCC6CCN(c7cc(F)c(C8CCC(=O)NC8=O)c(F)c7)CC6)CC5)CC4)cc31)NC2=O. The molecule has 2 aromatic carbocycles. The highest BCUT2D eigenvalue weighted by Gasteiger charge is 2.34. The molecule has 4 fully saturated rings. The number of nitrogens with one attached hydrogen (secondary N) is 2. The summed E-state index contributed by atoms with van der Waals surface area (Å²) in [6, 6.07) is 13.4. The molecule has 2 N–H and O–H groups in total. The summed E-state index contributed by atoms with van der Waals surface area (Å²) in [6.07, 6.45) is 9.14. The molecule has 0 saturated carbocycles. The number of anilines is 2. The van der Waals surface area contributed by atoms with Crippen molar-refractivity contribution >= 4 is 40.4 Å². The lowest BCUT2D eigenvalue weighted by Gasteiger charge is -2.43. The van der Waals surface area contributed by atoms with Crippen LogP contribution in [0.2, 0.25) is 0 Å². The molecular weight excluding hydrogens is 881 g/mol. The number of hydrogen-bond donors (Lipinski definition) is 2. The van der Waals surface area contributed by atoms with Crippen LogP contribution in [0.5, 0.6) is 5.88 Å². The molecule has 10 rings (SSSR count). The third-order valence-corrected chi connectivity index (χ3v) is 15.4. The Morgan fingerprint density at radius 3 is 2.35 bits per heavy atom. The van der Waals surface area contributed by atoms with Crippen molar-refractivity contribution in [3.63, 3.8) is 0 Å². The van der Waals surface area contributed by atoms with Crippen molar-refractivity contribution in [2.24, 2.45) is 18.9 Å². The fourth-order valence-corrected chi connectivity index (χ4v) is 11.4. The zero-order chi connectivity index (χ0) is 47.8. The van der Waals surface area contributed by atoms with Crippen molar-refractivity contribution in [3.8, 4) is 17.1 Å². The number of imidazole rings is 1. The minimum absolute atomic E-state index is 0.0743. The maximum absolute atomic E-state index is 15.2. The Labute approximate surface area is 402 Å². The van der Waals surface area contributed by atoms with Gasteiger partial charge in [0.2, 0.25) is 23.6 Å². The van der Waals surface area contributed by atoms with Crippen LogP contribution in [0.3, 0.4) is 0 Å². The summed E-state index contributed by atoms with van der Waals surface area (Å²) >= 11 is 0. The average molecular weight is 946 g/mol. The van der Waals surface area contributed by atoms with Crippen molar-refractivity contribution in [2.75, 3.05) is 75.7 Å². The molecule has 2 atom stereocenters. The van der Waals surface area contributed by atoms with Gasteiger partial charge < -0.3 is 19.1 Å². The van der Waals surface area contributed by atoms with Gasteiger partial charge in [-0.05, 0) is 132 Å². The monoisotopic (exact) mass is 946 g/mol. The number of piperidine rings is 3. The zero-order valence-corrected chi connectivity index (χ0v) is 40.2. The molecule has 0 aliphatic carbocycles. The van der Waals surface area contributed by atoms with Gasteiger partial charge in [-0.3, -0.25) is 39.8 Å². The van der Waals surface area contributed by atoms with E-state index in [1.807, 2.05) is 18.9 Å². The Bertz CT molecular complexity index is 2670. The van der Waals surface area contributed by atoms with E-state index < -0.39 is 29.4 Å². The highest BCUT2D eigenvalue weighted by Crippen LogP contribution is 2.35. The van der Waals surface area contributed by atoms with Gasteiger partial charge in [0, 0.05) is 94.4 Å². The Hall–Kier alpha value is -5.78. The molecule has 2 bridgehead atoms. The lowest BCUT2D eigenvalue weighted by atomic mass is 9.89. The number of carbonyl (C=O) groups excluding carboxylic acids is 3. The summed E-state index contributed by atoms with van der Waals surface area (Å²) in [4.78, 5) is 57.4. The second-order valence-corrected chi connectivity index (χ2v) is 20.2. The summed E-state index contributed by atoms with van der Waals surface area (Å²) in [5, 5.41) is 9.80. The third kappa shape index (κ3) is 10.4. The number of rotatable bonds is 8. The molecule has 3 amide bonds. The van der Waals surface area contributed by atoms with E-state index in [1.54, 1.807) is 23.0 Å². The predicted molar refractivity (Wildman–Crippen MR) is 260 cm³/mol. The van der Waals surface area contributed by atoms with E-state index >= 15 is 8.78 Å². The van der Waals surface area contributed by atoms with E-state index in [1.165, 1.54) is 17.7 Å². The van der Waals surface area contributed by atoms with Crippen LogP contribution < -0.4 is 20.3 Å². The molecule has 5 aliphatic heterocycles. The lowest BCUT2D eigenvalue weighted by Crippen LogP contribution is -2.53. The number of likely N-dealkylation sites (tertiary alicyclic amines) is 1. The summed E-state index contributed by atoms with van der Waals surface area (Å²) < 4.78 is 40.6. The average Bonchev–Trinajstić information content (AvgIpc) is 3.87. The van der Waals surface area contributed by atoms with Gasteiger partial charge in [0.1, 0.15) is 11.6 Å². The van der Waals surface area contributed by atoms with Gasteiger partial charge in [-0.15, -0.1) is 0 Å². The Kier molecular flexibility index (Phi) is 13.8. The minimum Gasteiger partial charge on any atom is -0.477 e. The Morgan fingerprint density at radius 2 is 1.59 bits per heavy atom. The number of aromatic nitrogens is 5. The highest BCUT2D eigenvalue weighted by atomic mass is 19.1. The molecule has 17 heteroatoms. The first-order chi connectivity index (χ1) is 33.4. The second-order valence-electron chi connectivity index (χ2n) is 20.2. The van der Waals surface area contributed by atoms with Crippen molar-refractivity contribution in [1.82, 2.24) is 44.3 Å². The standard InChI is InChI=1S/C52H65F2N11O4/c1-33-5-4-24-69-51-41(30-55-60(51)3)45-27-37(25-34(2)56-45)49(67)59-52-57-44-8-6-36(26-46(44)65(52)31-33)32-62-16-13-38(14-17-62)64-22-20-61(21-23-64)15-10-35-11-18-63(19-12-35)39-28-42(53)48(43(54)29-39)40-7-9-47(66)58-50(40)68/h6,8,25-30,33,35,38,40H,4-5,7,9-24,31-32H2,1-3H3,(H,57,59,67)(H,58,66,68)/t33-,40?/m1/s1. The van der Waals surface area contributed by atoms with Gasteiger partial charge in [-0.1, -0.05) is 13.0 Å². The zero-order valence-electron chi connectivity index (χ0n) is 40.2. The fraction of sp³-hybridized carbons (Fsp3) is 0.538. The summed E-state index contributed by atoms with van der Waals surface area (Å²) in [7, 11) is 1.86. The van der Waals surface area contributed by atoms with E-state index in [-0.39, 0.29) is 24.3 Å². The molecule has 0 spiro atoms. The van der Waals surface area contributed by atoms with Crippen LogP contribution in [0.25, 0.3) is 22.3 Å². The number of imide groups is 1. The van der Waals surface area contributed by atoms with Gasteiger partial charge in [0.25, 0.3) is 5.91 Å². The smallest absolute Gasteiger partial charge is 0.258 e. The van der Waals surface area contributed by atoms with E-state index in [4.69, 9.17) is 14.7 Å². The van der Waals surface area contributed by atoms with Gasteiger partial charge in [-0.2, -0.15) is 5.10 Å². The number of hydrogen-bond acceptors (Lipinski definition) is 11. The van der Waals surface area contributed by atoms with E-state index in [0.29, 0.717) is 59.8 Å². The summed E-state index contributed by atoms with van der Waals surface area (Å²) in [5.41, 5.74) is 6.05. The van der Waals surface area contributed by atoms with Gasteiger partial charge in [0.05, 0.1) is 41.0 Å². The number of benzene rings is 2. The number of pyridine rings is 1. The van der Waals surface area contributed by atoms with Gasteiger partial charge in [-0.25, -0.2) is 18.4 Å². The number of amides is 3. The third-order valence-electron chi connectivity index (χ3n) is 15.4. The molecule has 8 heterocycles. The molecule has 15 nitrogen and oxygen atoms in total. The van der Waals surface area contributed by atoms with Crippen LogP contribution in [-0.2, 0) is 29.7 Å². The number of nitrogens with zero attached hydrogens (tertiary/aromatic N) is 9. The van der Waals surface area contributed by atoms with Gasteiger partial charge >= 0.3 is 0 Å². The molecule has 69 heavy (non-hydrogen) atoms. The van der Waals surface area contributed by atoms with Crippen LogP contribution in [0, 0.1) is 30.4 Å². The van der Waals surface area contributed by atoms with Crippen molar-refractivity contribution in [1.29, 1.82) is 0 Å². The fourth-order valence-electron chi connectivity index (χ4n) is 11.4. The molecule has 1 unspecified atom stereocenters. The largest absolute Gasteiger partial charge is 0.477 e. The topological polar surface area (TPSA) is 146 Å². The molecule has 5 aromatic rings. The number of ether oxygens (including phenoxy) is 1. The highest BCUT2D eigenvalue weighted by molar-refractivity contribution is 6.05. The predicted octanol–water partition coefficient (Wildman–Crippen LogP) is 6.89. The second kappa shape index (κ2) is 20.3. The molecule has 366 valence electrons. The van der Waals surface area contributed by atoms with E-state index in [9.17, 15) is 14.4 Å². The summed E-state index contributed by atoms with van der Waals surface area (Å²) in [6.45, 7) is 15.3. The van der Waals surface area contributed by atoms with Crippen LogP contribution in [0.4, 0.5) is 20.4 Å². The number of fused-ring (bicyclic) bond motifs is 7. The maximum atomic E-state index is 15.2. The first-order valence-electron chi connectivity index (χ1n) is 25.1. The van der Waals surface area contributed by atoms with Crippen LogP contribution in [0.1, 0.15) is 97.8 Å². The van der Waals surface area contributed by atoms with Crippen molar-refractivity contribution in [2.45, 2.75) is 96.7 Å². The van der Waals surface area contributed by atoms with E-state index in [0.717, 1.165) is 133 Å². The first-order valence-corrected chi connectivity index (χ1v) is 25.1. The van der Waals surface area contributed by atoms with E-state index in [2.05, 4.69) is 60.1 Å². The number of carbonyl (C=O) groups is 3. The molecule has 4 saturated heterocycles. The molecule has 5 aliphatic rings. The Balaban J connectivity index is 0.695. The maximum Gasteiger partial charge on any atom is 0.258 e. The normalized spacial score (nSPS) is 22.1. The van der Waals surface area contributed by atoms with Crippen LogP contribution >= 0.6 is 0 Å². The summed E-state index contributed by atoms with van der Waals surface area (Å²) in [5.74, 6) is -1.62. The Morgan fingerprint density at radius 1 is 0.826 bits per heavy atom. The number of piperazine rings is 1. The van der Waals surface area contributed by atoms with Crippen LogP contribution in [-0.4, -0.2) is 128 Å². The molecule has 3 aromatic heterocycles. The van der Waals surface area contributed by atoms with Crippen molar-refractivity contribution in [3.05, 3.63) is 82.7 Å². The van der Waals surface area contributed by atoms with Gasteiger partial charge in [0.15, 0.2) is 0 Å². The van der Waals surface area contributed by atoms with Crippen molar-refractivity contribution < 1.29 is 27.9 Å². The lowest BCUT2D eigenvalue weighted by molar-refractivity contribution is -0.134. The first kappa shape index (κ1) is 46.9. The molecule has 0 radical (unpaired) electrons. The van der Waals surface area contributed by atoms with Crippen LogP contribution in [0.15, 0.2) is 48.7 Å². The quantitative estimate of drug-likeness (QED) is 0.157. The number of aryl methyl sites for hydroxylation is 2. The minimum atomic E-state index is -0.987. The number of halogens is 2.